The summed E-state index contributed by atoms with van der Waals surface area (Å²) in [6.07, 6.45) is 5.84. The summed E-state index contributed by atoms with van der Waals surface area (Å²) in [5.74, 6) is 0.794. The Kier molecular flexibility index (Phi) is 2.52. The van der Waals surface area contributed by atoms with Gasteiger partial charge in [-0.05, 0) is 25.7 Å². The van der Waals surface area contributed by atoms with Crippen LogP contribution in [0.3, 0.4) is 0 Å². The van der Waals surface area contributed by atoms with E-state index in [1.165, 1.54) is 25.7 Å². The van der Waals surface area contributed by atoms with Crippen LogP contribution >= 0.6 is 0 Å². The molecule has 1 rings (SSSR count). The van der Waals surface area contributed by atoms with Gasteiger partial charge in [0.25, 0.3) is 0 Å². The molecule has 0 aliphatic heterocycles. The lowest BCUT2D eigenvalue weighted by atomic mass is 10.0. The normalized spacial score (nSPS) is 24.7. The van der Waals surface area contributed by atoms with Crippen LogP contribution in [0.5, 0.6) is 0 Å². The summed E-state index contributed by atoms with van der Waals surface area (Å²) >= 11 is 0. The predicted molar refractivity (Wildman–Crippen MR) is 37.9 cm³/mol. The molecule has 1 atom stereocenters. The van der Waals surface area contributed by atoms with Crippen LogP contribution in [0.4, 0.5) is 0 Å². The Bertz CT molecular complexity index is 74.6. The Balaban J connectivity index is 2.24. The first-order valence-electron chi connectivity index (χ1n) is 3.75. The monoisotopic (exact) mass is 127 g/mol. The maximum absolute atomic E-state index is 4.98. The smallest absolute Gasteiger partial charge is 0.0704 e. The van der Waals surface area contributed by atoms with Crippen molar-refractivity contribution >= 4 is 0 Å². The van der Waals surface area contributed by atoms with Gasteiger partial charge in [0.05, 0.1) is 13.2 Å². The van der Waals surface area contributed by atoms with Gasteiger partial charge in [-0.25, -0.2) is 0 Å². The van der Waals surface area contributed by atoms with Gasteiger partial charge in [-0.15, -0.1) is 0 Å². The fourth-order valence-electron chi connectivity index (χ4n) is 1.56. The van der Waals surface area contributed by atoms with Crippen molar-refractivity contribution in [3.05, 3.63) is 7.11 Å². The molecule has 1 aliphatic carbocycles. The Labute approximate surface area is 57.4 Å². The van der Waals surface area contributed by atoms with E-state index in [9.17, 15) is 0 Å². The van der Waals surface area contributed by atoms with Crippen molar-refractivity contribution in [2.24, 2.45) is 5.92 Å². The van der Waals surface area contributed by atoms with E-state index in [0.29, 0.717) is 6.10 Å². The van der Waals surface area contributed by atoms with Crippen molar-refractivity contribution in [1.82, 2.24) is 0 Å². The molecule has 0 saturated heterocycles. The third-order valence-electron chi connectivity index (χ3n) is 2.33. The number of rotatable bonds is 2. The first-order valence-corrected chi connectivity index (χ1v) is 3.75. The summed E-state index contributed by atoms with van der Waals surface area (Å²) in [5, 5.41) is 0. The summed E-state index contributed by atoms with van der Waals surface area (Å²) in [6.45, 7) is 2.11. The third kappa shape index (κ3) is 1.68. The van der Waals surface area contributed by atoms with Gasteiger partial charge in [0, 0.05) is 0 Å². The maximum atomic E-state index is 4.98. The number of hydrogen-bond donors (Lipinski definition) is 0. The topological polar surface area (TPSA) is 9.23 Å². The molecule has 0 bridgehead atoms. The Morgan fingerprint density at radius 2 is 2.00 bits per heavy atom. The molecule has 9 heavy (non-hydrogen) atoms. The fourth-order valence-corrected chi connectivity index (χ4v) is 1.56. The molecule has 1 saturated carbocycles. The highest BCUT2D eigenvalue weighted by atomic mass is 16.5. The van der Waals surface area contributed by atoms with Crippen LogP contribution in [0.15, 0.2) is 0 Å². The second kappa shape index (κ2) is 3.21. The highest BCUT2D eigenvalue weighted by Crippen LogP contribution is 2.28. The minimum Gasteiger partial charge on any atom is -0.376 e. The highest BCUT2D eigenvalue weighted by Gasteiger charge is 2.20. The molecule has 0 aromatic rings. The zero-order valence-corrected chi connectivity index (χ0v) is 6.10. The second-order valence-electron chi connectivity index (χ2n) is 2.92. The summed E-state index contributed by atoms with van der Waals surface area (Å²) in [6, 6.07) is 0. The molecule has 1 nitrogen and oxygen atoms in total. The van der Waals surface area contributed by atoms with E-state index in [-0.39, 0.29) is 0 Å². The van der Waals surface area contributed by atoms with Crippen LogP contribution in [0, 0.1) is 13.0 Å². The lowest BCUT2D eigenvalue weighted by Crippen LogP contribution is -2.14. The van der Waals surface area contributed by atoms with Crippen LogP contribution in [0.25, 0.3) is 0 Å². The molecule has 1 fully saturated rings. The molecule has 0 N–H and O–H groups in total. The van der Waals surface area contributed by atoms with E-state index < -0.39 is 0 Å². The van der Waals surface area contributed by atoms with Gasteiger partial charge in [-0.3, -0.25) is 0 Å². The minimum absolute atomic E-state index is 0.382. The average molecular weight is 127 g/mol. The fraction of sp³-hybridized carbons (Fsp3) is 0.875. The molecule has 1 heteroatoms. The zero-order valence-electron chi connectivity index (χ0n) is 6.10. The SMILES string of the molecule is [CH2]OC(C)C1CCCC1. The van der Waals surface area contributed by atoms with Crippen molar-refractivity contribution in [3.8, 4) is 0 Å². The zero-order chi connectivity index (χ0) is 6.69. The molecule has 1 unspecified atom stereocenters. The molecule has 0 aromatic heterocycles. The third-order valence-corrected chi connectivity index (χ3v) is 2.33. The maximum Gasteiger partial charge on any atom is 0.0704 e. The highest BCUT2D eigenvalue weighted by molar-refractivity contribution is 4.72. The van der Waals surface area contributed by atoms with E-state index in [0.717, 1.165) is 5.92 Å². The Morgan fingerprint density at radius 1 is 1.44 bits per heavy atom. The Morgan fingerprint density at radius 3 is 2.44 bits per heavy atom. The van der Waals surface area contributed by atoms with Gasteiger partial charge in [0.1, 0.15) is 0 Å². The van der Waals surface area contributed by atoms with Gasteiger partial charge in [-0.2, -0.15) is 0 Å². The summed E-state index contributed by atoms with van der Waals surface area (Å²) in [7, 11) is 3.43. The molecule has 0 spiro atoms. The van der Waals surface area contributed by atoms with Crippen molar-refractivity contribution in [1.29, 1.82) is 0 Å². The molecule has 1 aliphatic rings. The van der Waals surface area contributed by atoms with Crippen molar-refractivity contribution < 1.29 is 4.74 Å². The minimum atomic E-state index is 0.382. The molecule has 0 amide bonds. The first kappa shape index (κ1) is 7.07. The van der Waals surface area contributed by atoms with Crippen LogP contribution in [-0.4, -0.2) is 6.10 Å². The predicted octanol–water partition coefficient (Wildman–Crippen LogP) is 2.37. The molecule has 1 radical (unpaired) electrons. The lowest BCUT2D eigenvalue weighted by Gasteiger charge is -2.15. The van der Waals surface area contributed by atoms with Crippen molar-refractivity contribution in [3.63, 3.8) is 0 Å². The molecular weight excluding hydrogens is 112 g/mol. The van der Waals surface area contributed by atoms with E-state index in [1.54, 1.807) is 0 Å². The molecule has 0 heterocycles. The van der Waals surface area contributed by atoms with Crippen molar-refractivity contribution in [2.75, 3.05) is 0 Å². The molecular formula is C8H15O. The van der Waals surface area contributed by atoms with Gasteiger partial charge >= 0.3 is 0 Å². The van der Waals surface area contributed by atoms with E-state index >= 15 is 0 Å². The van der Waals surface area contributed by atoms with Gasteiger partial charge in [-0.1, -0.05) is 12.8 Å². The van der Waals surface area contributed by atoms with E-state index in [1.807, 2.05) is 0 Å². The standard InChI is InChI=1S/C8H15O/c1-7(9-2)8-5-3-4-6-8/h7-8H,2-6H2,1H3. The van der Waals surface area contributed by atoms with Crippen LogP contribution in [-0.2, 0) is 4.74 Å². The number of hydrogen-bond acceptors (Lipinski definition) is 1. The average Bonchev–Trinajstić information content (AvgIpc) is 2.37. The van der Waals surface area contributed by atoms with E-state index in [2.05, 4.69) is 14.0 Å². The summed E-state index contributed by atoms with van der Waals surface area (Å²) in [4.78, 5) is 0. The van der Waals surface area contributed by atoms with E-state index in [4.69, 9.17) is 4.74 Å². The molecule has 0 aromatic carbocycles. The largest absolute Gasteiger partial charge is 0.376 e. The van der Waals surface area contributed by atoms with Crippen LogP contribution in [0.1, 0.15) is 32.6 Å². The lowest BCUT2D eigenvalue weighted by molar-refractivity contribution is 0.0993. The van der Waals surface area contributed by atoms with Crippen LogP contribution < -0.4 is 0 Å². The summed E-state index contributed by atoms with van der Waals surface area (Å²) in [5.41, 5.74) is 0. The van der Waals surface area contributed by atoms with Gasteiger partial charge in [0.15, 0.2) is 0 Å². The van der Waals surface area contributed by atoms with Gasteiger partial charge < -0.3 is 4.74 Å². The molecule has 53 valence electrons. The van der Waals surface area contributed by atoms with Gasteiger partial charge in [0.2, 0.25) is 0 Å². The quantitative estimate of drug-likeness (QED) is 0.553. The van der Waals surface area contributed by atoms with Crippen molar-refractivity contribution in [2.45, 2.75) is 38.7 Å². The Hall–Kier alpha value is -0.0400. The first-order chi connectivity index (χ1) is 4.34. The number of ether oxygens (including phenoxy) is 1. The second-order valence-corrected chi connectivity index (χ2v) is 2.92. The van der Waals surface area contributed by atoms with Crippen LogP contribution in [0.2, 0.25) is 0 Å². The summed E-state index contributed by atoms with van der Waals surface area (Å²) < 4.78 is 4.98.